The fraction of sp³-hybridized carbons (Fsp3) is 0.962. The summed E-state index contributed by atoms with van der Waals surface area (Å²) in [5.41, 5.74) is 0. The highest BCUT2D eigenvalue weighted by Crippen LogP contribution is 2.12. The highest BCUT2D eigenvalue weighted by Gasteiger charge is 2.16. The van der Waals surface area contributed by atoms with Crippen LogP contribution in [0.2, 0.25) is 0 Å². The van der Waals surface area contributed by atoms with Crippen molar-refractivity contribution in [2.24, 2.45) is 0 Å². The van der Waals surface area contributed by atoms with Crippen LogP contribution in [0.3, 0.4) is 0 Å². The SMILES string of the molecule is CCCCCCCCCCC[C@@H](O)CC(=O)NC(CCCC(O)CO)CNCCCCC. The van der Waals surface area contributed by atoms with Gasteiger partial charge in [-0.1, -0.05) is 84.5 Å². The second-order valence-electron chi connectivity index (χ2n) is 9.42. The Morgan fingerprint density at radius 2 is 1.28 bits per heavy atom. The molecule has 0 rings (SSSR count). The molecular weight excluding hydrogens is 404 g/mol. The molecule has 0 aromatic rings. The van der Waals surface area contributed by atoms with E-state index in [4.69, 9.17) is 5.11 Å². The predicted molar refractivity (Wildman–Crippen MR) is 134 cm³/mol. The molecular formula is C26H54N2O4. The third kappa shape index (κ3) is 21.2. The smallest absolute Gasteiger partial charge is 0.222 e. The molecule has 0 heterocycles. The zero-order chi connectivity index (χ0) is 23.9. The summed E-state index contributed by atoms with van der Waals surface area (Å²) in [5.74, 6) is -0.100. The van der Waals surface area contributed by atoms with Crippen LogP contribution in [0.5, 0.6) is 0 Å². The van der Waals surface area contributed by atoms with Gasteiger partial charge in [0.15, 0.2) is 0 Å². The highest BCUT2D eigenvalue weighted by atomic mass is 16.3. The fourth-order valence-electron chi connectivity index (χ4n) is 3.99. The first kappa shape index (κ1) is 31.3. The molecule has 2 unspecified atom stereocenters. The Labute approximate surface area is 198 Å². The first-order valence-electron chi connectivity index (χ1n) is 13.5. The van der Waals surface area contributed by atoms with Crippen LogP contribution < -0.4 is 10.6 Å². The minimum Gasteiger partial charge on any atom is -0.394 e. The van der Waals surface area contributed by atoms with Gasteiger partial charge in [-0.15, -0.1) is 0 Å². The summed E-state index contributed by atoms with van der Waals surface area (Å²) in [5, 5.41) is 35.2. The third-order valence-corrected chi connectivity index (χ3v) is 6.08. The fourth-order valence-corrected chi connectivity index (χ4v) is 3.99. The Balaban J connectivity index is 4.05. The van der Waals surface area contributed by atoms with Gasteiger partial charge in [-0.2, -0.15) is 0 Å². The molecule has 0 saturated heterocycles. The van der Waals surface area contributed by atoms with Crippen LogP contribution in [0.1, 0.15) is 123 Å². The molecule has 0 fully saturated rings. The number of carbonyl (C=O) groups is 1. The van der Waals surface area contributed by atoms with Gasteiger partial charge in [0.25, 0.3) is 0 Å². The predicted octanol–water partition coefficient (Wildman–Crippen LogP) is 4.45. The largest absolute Gasteiger partial charge is 0.394 e. The Kier molecular flexibility index (Phi) is 23.0. The van der Waals surface area contributed by atoms with Gasteiger partial charge in [-0.25, -0.2) is 0 Å². The summed E-state index contributed by atoms with van der Waals surface area (Å²) >= 11 is 0. The van der Waals surface area contributed by atoms with Crippen LogP contribution in [0.4, 0.5) is 0 Å². The van der Waals surface area contributed by atoms with E-state index in [1.807, 2.05) is 0 Å². The van der Waals surface area contributed by atoms with E-state index >= 15 is 0 Å². The molecule has 0 aromatic heterocycles. The molecule has 6 heteroatoms. The lowest BCUT2D eigenvalue weighted by atomic mass is 10.0. The molecule has 1 amide bonds. The number of unbranched alkanes of at least 4 members (excludes halogenated alkanes) is 10. The van der Waals surface area contributed by atoms with Crippen LogP contribution in [0.25, 0.3) is 0 Å². The zero-order valence-corrected chi connectivity index (χ0v) is 21.1. The van der Waals surface area contributed by atoms with E-state index in [1.54, 1.807) is 0 Å². The zero-order valence-electron chi connectivity index (χ0n) is 21.1. The first-order chi connectivity index (χ1) is 15.5. The maximum Gasteiger partial charge on any atom is 0.222 e. The van der Waals surface area contributed by atoms with Crippen molar-refractivity contribution in [1.29, 1.82) is 0 Å². The van der Waals surface area contributed by atoms with Gasteiger partial charge in [-0.3, -0.25) is 4.79 Å². The van der Waals surface area contributed by atoms with Crippen molar-refractivity contribution in [2.75, 3.05) is 19.7 Å². The van der Waals surface area contributed by atoms with Crippen molar-refractivity contribution in [1.82, 2.24) is 10.6 Å². The maximum absolute atomic E-state index is 12.4. The van der Waals surface area contributed by atoms with Crippen molar-refractivity contribution in [2.45, 2.75) is 141 Å². The molecule has 32 heavy (non-hydrogen) atoms. The lowest BCUT2D eigenvalue weighted by molar-refractivity contribution is -0.123. The summed E-state index contributed by atoms with van der Waals surface area (Å²) in [6.07, 6.45) is 16.3. The Hall–Kier alpha value is -0.690. The van der Waals surface area contributed by atoms with Crippen LogP contribution in [0.15, 0.2) is 0 Å². The Morgan fingerprint density at radius 1 is 0.719 bits per heavy atom. The normalized spacial score (nSPS) is 14.3. The van der Waals surface area contributed by atoms with Crippen molar-refractivity contribution in [3.05, 3.63) is 0 Å². The number of carbonyl (C=O) groups excluding carboxylic acids is 1. The number of hydrogen-bond donors (Lipinski definition) is 5. The van der Waals surface area contributed by atoms with Crippen molar-refractivity contribution in [3.63, 3.8) is 0 Å². The lowest BCUT2D eigenvalue weighted by Crippen LogP contribution is -2.43. The number of hydrogen-bond acceptors (Lipinski definition) is 5. The molecule has 0 aliphatic carbocycles. The monoisotopic (exact) mass is 458 g/mol. The van der Waals surface area contributed by atoms with Crippen molar-refractivity contribution in [3.8, 4) is 0 Å². The van der Waals surface area contributed by atoms with Gasteiger partial charge in [0.05, 0.1) is 25.2 Å². The van der Waals surface area contributed by atoms with Gasteiger partial charge in [0.1, 0.15) is 0 Å². The molecule has 0 aliphatic rings. The molecule has 3 atom stereocenters. The third-order valence-electron chi connectivity index (χ3n) is 6.08. The second kappa shape index (κ2) is 23.5. The standard InChI is InChI=1S/C26H54N2O4/c1-3-5-7-8-9-10-11-12-13-17-24(30)20-26(32)28-23(16-15-18-25(31)22-29)21-27-19-14-6-4-2/h23-25,27,29-31H,3-22H2,1-2H3,(H,28,32)/t23?,24-,25?/m1/s1. The molecule has 192 valence electrons. The van der Waals surface area contributed by atoms with Gasteiger partial charge in [0.2, 0.25) is 5.91 Å². The summed E-state index contributed by atoms with van der Waals surface area (Å²) < 4.78 is 0. The molecule has 0 aliphatic heterocycles. The summed E-state index contributed by atoms with van der Waals surface area (Å²) in [6.45, 7) is 5.81. The van der Waals surface area contributed by atoms with E-state index in [2.05, 4.69) is 24.5 Å². The number of aliphatic hydroxyl groups is 3. The summed E-state index contributed by atoms with van der Waals surface area (Å²) in [6, 6.07) is -0.0186. The van der Waals surface area contributed by atoms with E-state index in [9.17, 15) is 15.0 Å². The van der Waals surface area contributed by atoms with E-state index in [-0.39, 0.29) is 25.0 Å². The molecule has 0 aromatic carbocycles. The van der Waals surface area contributed by atoms with Crippen LogP contribution in [-0.4, -0.2) is 59.2 Å². The minimum atomic E-state index is -0.693. The molecule has 0 radical (unpaired) electrons. The van der Waals surface area contributed by atoms with E-state index in [0.717, 1.165) is 38.6 Å². The van der Waals surface area contributed by atoms with Crippen molar-refractivity contribution < 1.29 is 20.1 Å². The quantitative estimate of drug-likeness (QED) is 0.138. The van der Waals surface area contributed by atoms with Crippen LogP contribution >= 0.6 is 0 Å². The second-order valence-corrected chi connectivity index (χ2v) is 9.42. The molecule has 5 N–H and O–H groups in total. The van der Waals surface area contributed by atoms with Gasteiger partial charge < -0.3 is 26.0 Å². The highest BCUT2D eigenvalue weighted by molar-refractivity contribution is 5.76. The molecule has 0 spiro atoms. The lowest BCUT2D eigenvalue weighted by Gasteiger charge is -2.21. The topological polar surface area (TPSA) is 102 Å². The Morgan fingerprint density at radius 3 is 1.91 bits per heavy atom. The van der Waals surface area contributed by atoms with E-state index in [1.165, 1.54) is 57.8 Å². The van der Waals surface area contributed by atoms with Crippen molar-refractivity contribution >= 4 is 5.91 Å². The number of rotatable bonds is 24. The average Bonchev–Trinajstić information content (AvgIpc) is 2.77. The van der Waals surface area contributed by atoms with E-state index in [0.29, 0.717) is 19.4 Å². The van der Waals surface area contributed by atoms with E-state index < -0.39 is 12.2 Å². The summed E-state index contributed by atoms with van der Waals surface area (Å²) in [4.78, 5) is 12.4. The van der Waals surface area contributed by atoms with Gasteiger partial charge in [-0.05, 0) is 38.6 Å². The molecule has 6 nitrogen and oxygen atoms in total. The number of aliphatic hydroxyl groups excluding tert-OH is 3. The van der Waals surface area contributed by atoms with Gasteiger partial charge in [0, 0.05) is 12.6 Å². The minimum absolute atomic E-state index is 0.0186. The Bertz CT molecular complexity index is 409. The van der Waals surface area contributed by atoms with Crippen LogP contribution in [-0.2, 0) is 4.79 Å². The average molecular weight is 459 g/mol. The molecule has 0 bridgehead atoms. The summed E-state index contributed by atoms with van der Waals surface area (Å²) in [7, 11) is 0. The molecule has 0 saturated carbocycles. The van der Waals surface area contributed by atoms with Crippen LogP contribution in [0, 0.1) is 0 Å². The van der Waals surface area contributed by atoms with Gasteiger partial charge >= 0.3 is 0 Å². The maximum atomic E-state index is 12.4. The number of nitrogens with one attached hydrogen (secondary N) is 2. The number of amides is 1. The first-order valence-corrected chi connectivity index (χ1v) is 13.5.